The topological polar surface area (TPSA) is 72.1 Å². The largest absolute Gasteiger partial charge is 0.418 e. The lowest BCUT2D eigenvalue weighted by Gasteiger charge is -2.20. The van der Waals surface area contributed by atoms with Crippen molar-refractivity contribution < 1.29 is 22.4 Å². The third-order valence-corrected chi connectivity index (χ3v) is 5.56. The molecule has 0 aromatic carbocycles. The van der Waals surface area contributed by atoms with Crippen LogP contribution in [0.1, 0.15) is 24.8 Å². The van der Waals surface area contributed by atoms with Crippen LogP contribution in [-0.2, 0) is 17.5 Å². The normalized spacial score (nSPS) is 11.6. The number of alkyl halides is 3. The minimum absolute atomic E-state index is 0.0459. The molecule has 0 fully saturated rings. The molecule has 0 bridgehead atoms. The third-order valence-electron chi connectivity index (χ3n) is 3.78. The fourth-order valence-corrected chi connectivity index (χ4v) is 3.79. The predicted octanol–water partition coefficient (Wildman–Crippen LogP) is 4.74. The first-order valence-electron chi connectivity index (χ1n) is 8.67. The molecule has 3 aromatic rings. The van der Waals surface area contributed by atoms with Gasteiger partial charge >= 0.3 is 6.18 Å². The number of hydrogen-bond acceptors (Lipinski definition) is 7. The zero-order valence-corrected chi connectivity index (χ0v) is 17.0. The summed E-state index contributed by atoms with van der Waals surface area (Å²) in [5.74, 6) is 0.592. The second-order valence-corrected chi connectivity index (χ2v) is 7.91. The standard InChI is InChI=1S/C18H17F3N4O2S2/c1-2-7-25(10-14-23-24-17(27-14)13-4-3-8-28-13)16(26)11-29-15-6-5-12(9-22-15)18(19,20)21/h3-6,8-9H,2,7,10-11H2,1H3. The number of thiophene rings is 1. The van der Waals surface area contributed by atoms with Crippen molar-refractivity contribution in [3.8, 4) is 10.8 Å². The summed E-state index contributed by atoms with van der Waals surface area (Å²) in [6.07, 6.45) is -2.93. The Morgan fingerprint density at radius 1 is 1.28 bits per heavy atom. The molecule has 0 N–H and O–H groups in total. The number of rotatable bonds is 8. The molecule has 1 amide bonds. The number of hydrogen-bond donors (Lipinski definition) is 0. The van der Waals surface area contributed by atoms with Crippen LogP contribution in [0.5, 0.6) is 0 Å². The van der Waals surface area contributed by atoms with Crippen molar-refractivity contribution in [2.24, 2.45) is 0 Å². The van der Waals surface area contributed by atoms with Crippen LogP contribution >= 0.6 is 23.1 Å². The van der Waals surface area contributed by atoms with Crippen LogP contribution in [0.3, 0.4) is 0 Å². The summed E-state index contributed by atoms with van der Waals surface area (Å²) in [6, 6.07) is 5.96. The molecule has 0 saturated heterocycles. The minimum Gasteiger partial charge on any atom is -0.418 e. The van der Waals surface area contributed by atoms with E-state index < -0.39 is 11.7 Å². The molecule has 0 aliphatic heterocycles. The molecule has 0 aliphatic rings. The second kappa shape index (κ2) is 9.40. The van der Waals surface area contributed by atoms with Crippen molar-refractivity contribution in [3.05, 3.63) is 47.3 Å². The number of aromatic nitrogens is 3. The Labute approximate surface area is 173 Å². The van der Waals surface area contributed by atoms with Crippen molar-refractivity contribution in [1.29, 1.82) is 0 Å². The summed E-state index contributed by atoms with van der Waals surface area (Å²) in [4.78, 5) is 18.8. The van der Waals surface area contributed by atoms with Gasteiger partial charge < -0.3 is 9.32 Å². The van der Waals surface area contributed by atoms with E-state index in [-0.39, 0.29) is 18.2 Å². The molecule has 0 spiro atoms. The van der Waals surface area contributed by atoms with Crippen LogP contribution in [0.15, 0.2) is 45.3 Å². The number of pyridine rings is 1. The molecule has 3 heterocycles. The fraction of sp³-hybridized carbons (Fsp3) is 0.333. The lowest BCUT2D eigenvalue weighted by atomic mass is 10.3. The first kappa shape index (κ1) is 21.3. The van der Waals surface area contributed by atoms with Crippen LogP contribution in [0.4, 0.5) is 13.2 Å². The molecular formula is C18H17F3N4O2S2. The lowest BCUT2D eigenvalue weighted by Crippen LogP contribution is -2.32. The van der Waals surface area contributed by atoms with E-state index in [1.54, 1.807) is 4.90 Å². The SMILES string of the molecule is CCCN(Cc1nnc(-c2cccs2)o1)C(=O)CSc1ccc(C(F)(F)F)cn1. The zero-order chi connectivity index (χ0) is 20.9. The van der Waals surface area contributed by atoms with Gasteiger partial charge in [-0.05, 0) is 30.0 Å². The van der Waals surface area contributed by atoms with Crippen LogP contribution in [0.25, 0.3) is 10.8 Å². The molecule has 0 atom stereocenters. The van der Waals surface area contributed by atoms with E-state index in [0.29, 0.717) is 23.4 Å². The van der Waals surface area contributed by atoms with E-state index in [1.165, 1.54) is 17.4 Å². The molecule has 0 radical (unpaired) electrons. The number of amides is 1. The second-order valence-electron chi connectivity index (χ2n) is 5.97. The van der Waals surface area contributed by atoms with Gasteiger partial charge in [0.15, 0.2) is 0 Å². The van der Waals surface area contributed by atoms with Gasteiger partial charge in [-0.2, -0.15) is 13.2 Å². The average Bonchev–Trinajstić information content (AvgIpc) is 3.37. The van der Waals surface area contributed by atoms with Gasteiger partial charge in [0.1, 0.15) is 0 Å². The molecule has 29 heavy (non-hydrogen) atoms. The lowest BCUT2D eigenvalue weighted by molar-refractivity contribution is -0.138. The Kier molecular flexibility index (Phi) is 6.91. The number of carbonyl (C=O) groups excluding carboxylic acids is 1. The zero-order valence-electron chi connectivity index (χ0n) is 15.3. The third kappa shape index (κ3) is 5.80. The van der Waals surface area contributed by atoms with Crippen LogP contribution < -0.4 is 0 Å². The Morgan fingerprint density at radius 2 is 2.10 bits per heavy atom. The highest BCUT2D eigenvalue weighted by Crippen LogP contribution is 2.29. The number of halogens is 3. The number of nitrogens with zero attached hydrogens (tertiary/aromatic N) is 4. The molecular weight excluding hydrogens is 425 g/mol. The summed E-state index contributed by atoms with van der Waals surface area (Å²) in [5.41, 5.74) is -0.821. The highest BCUT2D eigenvalue weighted by atomic mass is 32.2. The monoisotopic (exact) mass is 442 g/mol. The predicted molar refractivity (Wildman–Crippen MR) is 103 cm³/mol. The van der Waals surface area contributed by atoms with Gasteiger partial charge in [-0.1, -0.05) is 24.8 Å². The van der Waals surface area contributed by atoms with E-state index in [4.69, 9.17) is 4.42 Å². The van der Waals surface area contributed by atoms with E-state index in [1.807, 2.05) is 24.4 Å². The van der Waals surface area contributed by atoms with Crippen molar-refractivity contribution in [3.63, 3.8) is 0 Å². The Bertz CT molecular complexity index is 927. The van der Waals surface area contributed by atoms with Gasteiger partial charge in [-0.25, -0.2) is 4.98 Å². The van der Waals surface area contributed by atoms with Crippen LogP contribution in [-0.4, -0.2) is 38.3 Å². The van der Waals surface area contributed by atoms with Crippen molar-refractivity contribution in [2.75, 3.05) is 12.3 Å². The van der Waals surface area contributed by atoms with Crippen LogP contribution in [0, 0.1) is 0 Å². The summed E-state index contributed by atoms with van der Waals surface area (Å²) in [7, 11) is 0. The van der Waals surface area contributed by atoms with E-state index in [9.17, 15) is 18.0 Å². The Balaban J connectivity index is 1.59. The molecule has 154 valence electrons. The van der Waals surface area contributed by atoms with Gasteiger partial charge in [-0.3, -0.25) is 4.79 Å². The van der Waals surface area contributed by atoms with Crippen molar-refractivity contribution in [1.82, 2.24) is 20.1 Å². The maximum atomic E-state index is 12.6. The quantitative estimate of drug-likeness (QED) is 0.469. The summed E-state index contributed by atoms with van der Waals surface area (Å²) in [6.45, 7) is 2.61. The Morgan fingerprint density at radius 3 is 2.72 bits per heavy atom. The molecule has 0 unspecified atom stereocenters. The van der Waals surface area contributed by atoms with Gasteiger partial charge in [0.05, 0.1) is 27.8 Å². The molecule has 3 rings (SSSR count). The van der Waals surface area contributed by atoms with Crippen LogP contribution in [0.2, 0.25) is 0 Å². The van der Waals surface area contributed by atoms with Gasteiger partial charge in [0.2, 0.25) is 11.8 Å². The summed E-state index contributed by atoms with van der Waals surface area (Å²) < 4.78 is 43.4. The number of thioether (sulfide) groups is 1. The maximum absolute atomic E-state index is 12.6. The summed E-state index contributed by atoms with van der Waals surface area (Å²) in [5, 5.41) is 10.2. The fourth-order valence-electron chi connectivity index (χ4n) is 2.40. The van der Waals surface area contributed by atoms with Crippen molar-refractivity contribution >= 4 is 29.0 Å². The van der Waals surface area contributed by atoms with E-state index in [0.717, 1.165) is 35.3 Å². The minimum atomic E-state index is -4.43. The summed E-state index contributed by atoms with van der Waals surface area (Å²) >= 11 is 2.56. The van der Waals surface area contributed by atoms with Gasteiger partial charge in [0.25, 0.3) is 5.89 Å². The first-order chi connectivity index (χ1) is 13.9. The first-order valence-corrected chi connectivity index (χ1v) is 10.5. The van der Waals surface area contributed by atoms with Crippen molar-refractivity contribution in [2.45, 2.75) is 31.1 Å². The molecule has 0 saturated carbocycles. The molecule has 11 heteroatoms. The highest BCUT2D eigenvalue weighted by Gasteiger charge is 2.30. The molecule has 3 aromatic heterocycles. The smallest absolute Gasteiger partial charge is 0.417 e. The molecule has 0 aliphatic carbocycles. The average molecular weight is 442 g/mol. The maximum Gasteiger partial charge on any atom is 0.417 e. The molecule has 6 nitrogen and oxygen atoms in total. The number of carbonyl (C=O) groups is 1. The van der Waals surface area contributed by atoms with Gasteiger partial charge in [-0.15, -0.1) is 21.5 Å². The Hall–Kier alpha value is -2.40. The van der Waals surface area contributed by atoms with Gasteiger partial charge in [0, 0.05) is 12.7 Å². The van der Waals surface area contributed by atoms with E-state index >= 15 is 0 Å². The van der Waals surface area contributed by atoms with E-state index in [2.05, 4.69) is 15.2 Å². The highest BCUT2D eigenvalue weighted by molar-refractivity contribution is 7.99.